The van der Waals surface area contributed by atoms with Crippen LogP contribution in [0.5, 0.6) is 0 Å². The van der Waals surface area contributed by atoms with Crippen molar-refractivity contribution in [1.82, 2.24) is 14.7 Å². The predicted octanol–water partition coefficient (Wildman–Crippen LogP) is 3.05. The van der Waals surface area contributed by atoms with Gasteiger partial charge in [-0.2, -0.15) is 5.10 Å². The summed E-state index contributed by atoms with van der Waals surface area (Å²) in [6.07, 6.45) is 4.06. The third-order valence-electron chi connectivity index (χ3n) is 3.95. The van der Waals surface area contributed by atoms with Crippen LogP contribution in [0.3, 0.4) is 0 Å². The first kappa shape index (κ1) is 14.6. The Morgan fingerprint density at radius 2 is 2.16 bits per heavy atom. The Labute approximate surface area is 123 Å². The van der Waals surface area contributed by atoms with Crippen LogP contribution in [0.15, 0.2) is 4.47 Å². The smallest absolute Gasteiger partial charge is 0.224 e. The number of amides is 1. The second kappa shape index (κ2) is 6.07. The molecule has 2 rings (SSSR count). The predicted molar refractivity (Wildman–Crippen MR) is 79.0 cm³/mol. The minimum Gasteiger partial charge on any atom is -0.340 e. The van der Waals surface area contributed by atoms with Gasteiger partial charge in [0, 0.05) is 24.7 Å². The molecule has 1 aliphatic rings. The largest absolute Gasteiger partial charge is 0.340 e. The van der Waals surface area contributed by atoms with Crippen molar-refractivity contribution < 1.29 is 4.79 Å². The van der Waals surface area contributed by atoms with Gasteiger partial charge in [-0.3, -0.25) is 9.48 Å². The van der Waals surface area contributed by atoms with Gasteiger partial charge in [-0.25, -0.2) is 0 Å². The van der Waals surface area contributed by atoms with Crippen molar-refractivity contribution in [3.63, 3.8) is 0 Å². The van der Waals surface area contributed by atoms with Crippen LogP contribution in [-0.4, -0.2) is 33.2 Å². The molecule has 19 heavy (non-hydrogen) atoms. The molecule has 2 heterocycles. The molecule has 0 aromatic carbocycles. The van der Waals surface area contributed by atoms with E-state index in [0.29, 0.717) is 19.0 Å². The number of piperidine rings is 1. The van der Waals surface area contributed by atoms with Crippen molar-refractivity contribution in [2.24, 2.45) is 0 Å². The van der Waals surface area contributed by atoms with E-state index in [1.54, 1.807) is 0 Å². The molecule has 0 radical (unpaired) electrons. The Morgan fingerprint density at radius 1 is 1.42 bits per heavy atom. The topological polar surface area (TPSA) is 38.1 Å². The van der Waals surface area contributed by atoms with E-state index < -0.39 is 0 Å². The number of carbonyl (C=O) groups excluding carboxylic acids is 1. The summed E-state index contributed by atoms with van der Waals surface area (Å²) in [5.41, 5.74) is 2.08. The zero-order chi connectivity index (χ0) is 14.0. The summed E-state index contributed by atoms with van der Waals surface area (Å²) in [5.74, 6) is 0.260. The normalized spacial score (nSPS) is 19.8. The Morgan fingerprint density at radius 3 is 2.74 bits per heavy atom. The summed E-state index contributed by atoms with van der Waals surface area (Å²) in [4.78, 5) is 14.3. The van der Waals surface area contributed by atoms with Crippen molar-refractivity contribution in [3.8, 4) is 0 Å². The third-order valence-corrected chi connectivity index (χ3v) is 5.10. The Kier molecular flexibility index (Phi) is 4.66. The summed E-state index contributed by atoms with van der Waals surface area (Å²) in [6.45, 7) is 7.73. The van der Waals surface area contributed by atoms with Crippen LogP contribution in [0.2, 0.25) is 0 Å². The molecule has 5 heteroatoms. The number of nitrogens with zero attached hydrogens (tertiary/aromatic N) is 3. The van der Waals surface area contributed by atoms with Crippen molar-refractivity contribution in [2.45, 2.75) is 59.0 Å². The molecule has 4 nitrogen and oxygen atoms in total. The van der Waals surface area contributed by atoms with Gasteiger partial charge in [-0.15, -0.1) is 0 Å². The quantitative estimate of drug-likeness (QED) is 0.855. The monoisotopic (exact) mass is 327 g/mol. The molecule has 1 aliphatic heterocycles. The van der Waals surface area contributed by atoms with E-state index in [-0.39, 0.29) is 5.91 Å². The zero-order valence-electron chi connectivity index (χ0n) is 11.9. The molecule has 0 N–H and O–H groups in total. The second-order valence-corrected chi connectivity index (χ2v) is 6.18. The van der Waals surface area contributed by atoms with E-state index in [1.807, 2.05) is 23.4 Å². The molecule has 0 spiro atoms. The Bertz CT molecular complexity index is 470. The SMILES string of the molecule is Cc1nn(CCC(=O)N2CCCCC2C)c(C)c1Br. The summed E-state index contributed by atoms with van der Waals surface area (Å²) in [6, 6.07) is 0.397. The fourth-order valence-electron chi connectivity index (χ4n) is 2.71. The van der Waals surface area contributed by atoms with Gasteiger partial charge in [0.2, 0.25) is 5.91 Å². The lowest BCUT2D eigenvalue weighted by atomic mass is 10.0. The van der Waals surface area contributed by atoms with E-state index >= 15 is 0 Å². The molecular weight excluding hydrogens is 306 g/mol. The van der Waals surface area contributed by atoms with Crippen LogP contribution >= 0.6 is 15.9 Å². The molecular formula is C14H22BrN3O. The van der Waals surface area contributed by atoms with E-state index in [2.05, 4.69) is 28.0 Å². The number of hydrogen-bond acceptors (Lipinski definition) is 2. The number of rotatable bonds is 3. The van der Waals surface area contributed by atoms with E-state index in [4.69, 9.17) is 0 Å². The van der Waals surface area contributed by atoms with Gasteiger partial charge in [0.05, 0.1) is 16.7 Å². The van der Waals surface area contributed by atoms with Crippen LogP contribution in [0.1, 0.15) is 44.0 Å². The van der Waals surface area contributed by atoms with Crippen molar-refractivity contribution in [1.29, 1.82) is 0 Å². The van der Waals surface area contributed by atoms with Crippen molar-refractivity contribution in [2.75, 3.05) is 6.54 Å². The molecule has 1 aromatic heterocycles. The van der Waals surface area contributed by atoms with Crippen molar-refractivity contribution >= 4 is 21.8 Å². The number of hydrogen-bond donors (Lipinski definition) is 0. The van der Waals surface area contributed by atoms with Crippen LogP contribution in [0.4, 0.5) is 0 Å². The number of carbonyl (C=O) groups is 1. The molecule has 106 valence electrons. The summed E-state index contributed by atoms with van der Waals surface area (Å²) >= 11 is 3.51. The van der Waals surface area contributed by atoms with Gasteiger partial charge in [-0.05, 0) is 56.0 Å². The Balaban J connectivity index is 1.94. The minimum absolute atomic E-state index is 0.260. The summed E-state index contributed by atoms with van der Waals surface area (Å²) < 4.78 is 2.97. The molecule has 1 fully saturated rings. The standard InChI is InChI=1S/C14H22BrN3O/c1-10-6-4-5-8-17(10)13(19)7-9-18-12(3)14(15)11(2)16-18/h10H,4-9H2,1-3H3. The maximum absolute atomic E-state index is 12.3. The van der Waals surface area contributed by atoms with E-state index in [9.17, 15) is 4.79 Å². The highest BCUT2D eigenvalue weighted by Crippen LogP contribution is 2.21. The summed E-state index contributed by atoms with van der Waals surface area (Å²) in [7, 11) is 0. The van der Waals surface area contributed by atoms with E-state index in [1.165, 1.54) is 6.42 Å². The average Bonchev–Trinajstić information content (AvgIpc) is 2.64. The van der Waals surface area contributed by atoms with Gasteiger partial charge in [0.25, 0.3) is 0 Å². The first-order valence-electron chi connectivity index (χ1n) is 6.99. The van der Waals surface area contributed by atoms with Gasteiger partial charge >= 0.3 is 0 Å². The highest BCUT2D eigenvalue weighted by Gasteiger charge is 2.23. The van der Waals surface area contributed by atoms with Crippen LogP contribution in [-0.2, 0) is 11.3 Å². The van der Waals surface area contributed by atoms with E-state index in [0.717, 1.165) is 35.2 Å². The fourth-order valence-corrected chi connectivity index (χ4v) is 2.99. The third kappa shape index (κ3) is 3.19. The average molecular weight is 328 g/mol. The van der Waals surface area contributed by atoms with Crippen LogP contribution in [0, 0.1) is 13.8 Å². The van der Waals surface area contributed by atoms with Crippen LogP contribution < -0.4 is 0 Å². The van der Waals surface area contributed by atoms with Gasteiger partial charge in [0.1, 0.15) is 0 Å². The molecule has 1 aromatic rings. The lowest BCUT2D eigenvalue weighted by Gasteiger charge is -2.33. The van der Waals surface area contributed by atoms with Gasteiger partial charge < -0.3 is 4.90 Å². The van der Waals surface area contributed by atoms with Gasteiger partial charge in [-0.1, -0.05) is 0 Å². The molecule has 1 unspecified atom stereocenters. The number of aromatic nitrogens is 2. The first-order chi connectivity index (χ1) is 9.00. The number of aryl methyl sites for hydroxylation is 2. The summed E-state index contributed by atoms with van der Waals surface area (Å²) in [5, 5.41) is 4.44. The molecule has 1 saturated heterocycles. The highest BCUT2D eigenvalue weighted by molar-refractivity contribution is 9.10. The minimum atomic E-state index is 0.260. The molecule has 0 aliphatic carbocycles. The molecule has 0 bridgehead atoms. The number of halogens is 1. The maximum atomic E-state index is 12.3. The first-order valence-corrected chi connectivity index (χ1v) is 7.79. The second-order valence-electron chi connectivity index (χ2n) is 5.39. The number of likely N-dealkylation sites (tertiary alicyclic amines) is 1. The fraction of sp³-hybridized carbons (Fsp3) is 0.714. The lowest BCUT2D eigenvalue weighted by Crippen LogP contribution is -2.42. The molecule has 0 saturated carbocycles. The maximum Gasteiger partial charge on any atom is 0.224 e. The molecule has 1 atom stereocenters. The van der Waals surface area contributed by atoms with Crippen LogP contribution in [0.25, 0.3) is 0 Å². The molecule has 1 amide bonds. The van der Waals surface area contributed by atoms with Gasteiger partial charge in [0.15, 0.2) is 0 Å². The lowest BCUT2D eigenvalue weighted by molar-refractivity contribution is -0.134. The zero-order valence-corrected chi connectivity index (χ0v) is 13.5. The Hall–Kier alpha value is -0.840. The highest BCUT2D eigenvalue weighted by atomic mass is 79.9. The van der Waals surface area contributed by atoms with Crippen molar-refractivity contribution in [3.05, 3.63) is 15.9 Å².